The lowest BCUT2D eigenvalue weighted by Gasteiger charge is -2.16. The summed E-state index contributed by atoms with van der Waals surface area (Å²) in [6.45, 7) is 2.35. The maximum absolute atomic E-state index is 14.0. The van der Waals surface area contributed by atoms with Crippen LogP contribution in [0.1, 0.15) is 18.9 Å². The quantitative estimate of drug-likeness (QED) is 0.456. The summed E-state index contributed by atoms with van der Waals surface area (Å²) in [5, 5.41) is 2.62. The van der Waals surface area contributed by atoms with E-state index in [-0.39, 0.29) is 34.0 Å². The van der Waals surface area contributed by atoms with Crippen LogP contribution in [-0.2, 0) is 4.79 Å². The number of nitrogens with two attached hydrogens (primary N) is 3. The van der Waals surface area contributed by atoms with Crippen molar-refractivity contribution in [2.24, 2.45) is 11.5 Å². The Labute approximate surface area is 156 Å². The number of halogens is 2. The molecule has 0 unspecified atom stereocenters. The fourth-order valence-electron chi connectivity index (χ4n) is 2.60. The Morgan fingerprint density at radius 1 is 1.19 bits per heavy atom. The summed E-state index contributed by atoms with van der Waals surface area (Å²) in [5.74, 6) is -2.32. The molecule has 2 aromatic carbocycles. The molecule has 2 aromatic rings. The molecule has 0 saturated heterocycles. The smallest absolute Gasteiger partial charge is 0.269 e. The summed E-state index contributed by atoms with van der Waals surface area (Å²) in [4.78, 5) is 12.0. The van der Waals surface area contributed by atoms with E-state index in [2.05, 4.69) is 5.32 Å². The van der Waals surface area contributed by atoms with Gasteiger partial charge in [-0.1, -0.05) is 25.1 Å². The molecule has 0 aliphatic carbocycles. The van der Waals surface area contributed by atoms with Crippen molar-refractivity contribution < 1.29 is 18.3 Å². The van der Waals surface area contributed by atoms with Crippen molar-refractivity contribution in [2.75, 3.05) is 19.4 Å². The molecule has 0 aromatic heterocycles. The zero-order chi connectivity index (χ0) is 20.1. The average molecular weight is 376 g/mol. The zero-order valence-electron chi connectivity index (χ0n) is 15.1. The molecule has 27 heavy (non-hydrogen) atoms. The Morgan fingerprint density at radius 3 is 2.52 bits per heavy atom. The second-order valence-electron chi connectivity index (χ2n) is 5.82. The second kappa shape index (κ2) is 8.39. The molecule has 0 bridgehead atoms. The second-order valence-corrected chi connectivity index (χ2v) is 5.82. The first-order valence-electron chi connectivity index (χ1n) is 8.27. The molecule has 0 aliphatic heterocycles. The van der Waals surface area contributed by atoms with E-state index in [0.29, 0.717) is 18.2 Å². The van der Waals surface area contributed by atoms with Gasteiger partial charge in [-0.15, -0.1) is 0 Å². The molecule has 0 radical (unpaired) electrons. The predicted molar refractivity (Wildman–Crippen MR) is 101 cm³/mol. The van der Waals surface area contributed by atoms with Gasteiger partial charge in [-0.3, -0.25) is 4.79 Å². The summed E-state index contributed by atoms with van der Waals surface area (Å²) in [6, 6.07) is 6.54. The van der Waals surface area contributed by atoms with Crippen molar-refractivity contribution in [3.05, 3.63) is 53.2 Å². The number of rotatable bonds is 6. The lowest BCUT2D eigenvalue weighted by atomic mass is 9.97. The minimum atomic E-state index is -0.862. The van der Waals surface area contributed by atoms with Gasteiger partial charge in [0.05, 0.1) is 12.8 Å². The van der Waals surface area contributed by atoms with Crippen LogP contribution in [0.4, 0.5) is 14.5 Å². The number of carbonyl (C=O) groups excluding carboxylic acids is 1. The number of methoxy groups -OCH3 is 1. The van der Waals surface area contributed by atoms with Gasteiger partial charge in [0.2, 0.25) is 0 Å². The molecule has 0 saturated carbocycles. The molecule has 144 valence electrons. The molecule has 8 heteroatoms. The fourth-order valence-corrected chi connectivity index (χ4v) is 2.60. The maximum atomic E-state index is 14.0. The van der Waals surface area contributed by atoms with Gasteiger partial charge in [0.15, 0.2) is 11.6 Å². The molecule has 0 spiro atoms. The van der Waals surface area contributed by atoms with Crippen LogP contribution in [0.15, 0.2) is 36.0 Å². The van der Waals surface area contributed by atoms with Crippen LogP contribution in [-0.4, -0.2) is 19.6 Å². The van der Waals surface area contributed by atoms with Crippen LogP contribution < -0.4 is 27.3 Å². The highest BCUT2D eigenvalue weighted by molar-refractivity contribution is 6.01. The molecule has 0 heterocycles. The van der Waals surface area contributed by atoms with Gasteiger partial charge in [-0.05, 0) is 12.5 Å². The van der Waals surface area contributed by atoms with Crippen LogP contribution in [0.25, 0.3) is 16.8 Å². The molecular formula is C19H22F2N4O2. The number of hydrogen-bond donors (Lipinski definition) is 4. The minimum Gasteiger partial charge on any atom is -0.493 e. The highest BCUT2D eigenvalue weighted by atomic mass is 19.1. The van der Waals surface area contributed by atoms with Crippen LogP contribution >= 0.6 is 0 Å². The normalized spacial score (nSPS) is 11.7. The third kappa shape index (κ3) is 4.11. The van der Waals surface area contributed by atoms with Gasteiger partial charge in [-0.25, -0.2) is 8.78 Å². The van der Waals surface area contributed by atoms with Crippen molar-refractivity contribution in [1.29, 1.82) is 0 Å². The van der Waals surface area contributed by atoms with Crippen LogP contribution in [0, 0.1) is 11.6 Å². The first-order valence-corrected chi connectivity index (χ1v) is 8.27. The monoisotopic (exact) mass is 376 g/mol. The van der Waals surface area contributed by atoms with Gasteiger partial charge in [0.1, 0.15) is 11.5 Å². The molecular weight excluding hydrogens is 354 g/mol. The fraction of sp³-hybridized carbons (Fsp3) is 0.211. The van der Waals surface area contributed by atoms with Crippen molar-refractivity contribution in [1.82, 2.24) is 5.32 Å². The van der Waals surface area contributed by atoms with Crippen molar-refractivity contribution >= 4 is 17.3 Å². The van der Waals surface area contributed by atoms with Crippen molar-refractivity contribution in [3.8, 4) is 16.9 Å². The standard InChI is InChI=1S/C19H22F2N4O2/c1-3-7-25-19(26)17(24)16(23)12-6-4-5-11(15(12)22)13-8-10(20)9-14(21)18(13)27-2/h4-6,8-9H,3,7,22-24H2,1-2H3,(H,25,26)/b17-16+. The van der Waals surface area contributed by atoms with Gasteiger partial charge < -0.3 is 27.3 Å². The van der Waals surface area contributed by atoms with Crippen LogP contribution in [0.3, 0.4) is 0 Å². The topological polar surface area (TPSA) is 116 Å². The Bertz CT molecular complexity index is 898. The van der Waals surface area contributed by atoms with Crippen molar-refractivity contribution in [3.63, 3.8) is 0 Å². The lowest BCUT2D eigenvalue weighted by Crippen LogP contribution is -2.31. The third-order valence-electron chi connectivity index (χ3n) is 3.97. The number of benzene rings is 2. The maximum Gasteiger partial charge on any atom is 0.269 e. The molecule has 0 fully saturated rings. The van der Waals surface area contributed by atoms with E-state index in [1.165, 1.54) is 7.11 Å². The van der Waals surface area contributed by atoms with E-state index in [1.807, 2.05) is 6.92 Å². The Hall–Kier alpha value is -3.29. The van der Waals surface area contributed by atoms with Gasteiger partial charge >= 0.3 is 0 Å². The molecule has 0 aliphatic rings. The summed E-state index contributed by atoms with van der Waals surface area (Å²) in [6.07, 6.45) is 0.738. The third-order valence-corrected chi connectivity index (χ3v) is 3.97. The summed E-state index contributed by atoms with van der Waals surface area (Å²) < 4.78 is 32.8. The number of amides is 1. The molecule has 7 N–H and O–H groups in total. The van der Waals surface area contributed by atoms with E-state index in [1.54, 1.807) is 18.2 Å². The first kappa shape index (κ1) is 20.0. The Kier molecular flexibility index (Phi) is 6.23. The molecule has 6 nitrogen and oxygen atoms in total. The average Bonchev–Trinajstić information content (AvgIpc) is 2.64. The SMILES string of the molecule is CCCNC(=O)/C(N)=C(\N)c1cccc(-c2cc(F)cc(F)c2OC)c1N. The van der Waals surface area contributed by atoms with E-state index >= 15 is 0 Å². The van der Waals surface area contributed by atoms with Gasteiger partial charge in [-0.2, -0.15) is 0 Å². The number of carbonyl (C=O) groups is 1. The number of nitrogens with one attached hydrogen (secondary N) is 1. The zero-order valence-corrected chi connectivity index (χ0v) is 15.1. The van der Waals surface area contributed by atoms with Gasteiger partial charge in [0, 0.05) is 35.0 Å². The number of ether oxygens (including phenoxy) is 1. The Morgan fingerprint density at radius 2 is 1.89 bits per heavy atom. The number of para-hydroxylation sites is 1. The predicted octanol–water partition coefficient (Wildman–Crippen LogP) is 2.33. The number of hydrogen-bond acceptors (Lipinski definition) is 5. The van der Waals surface area contributed by atoms with Crippen molar-refractivity contribution in [2.45, 2.75) is 13.3 Å². The van der Waals surface area contributed by atoms with Crippen LogP contribution in [0.2, 0.25) is 0 Å². The number of nitrogen functional groups attached to an aromatic ring is 1. The molecule has 0 atom stereocenters. The van der Waals surface area contributed by atoms with E-state index in [0.717, 1.165) is 12.5 Å². The van der Waals surface area contributed by atoms with E-state index < -0.39 is 17.5 Å². The summed E-state index contributed by atoms with van der Waals surface area (Å²) in [7, 11) is 1.27. The largest absolute Gasteiger partial charge is 0.493 e. The minimum absolute atomic E-state index is 0.0289. The first-order chi connectivity index (χ1) is 12.8. The van der Waals surface area contributed by atoms with E-state index in [9.17, 15) is 13.6 Å². The summed E-state index contributed by atoms with van der Waals surface area (Å²) in [5.41, 5.74) is 18.6. The number of anilines is 1. The van der Waals surface area contributed by atoms with E-state index in [4.69, 9.17) is 21.9 Å². The van der Waals surface area contributed by atoms with Crippen LogP contribution in [0.5, 0.6) is 5.75 Å². The molecule has 1 amide bonds. The Balaban J connectivity index is 2.59. The lowest BCUT2D eigenvalue weighted by molar-refractivity contribution is -0.117. The highest BCUT2D eigenvalue weighted by Crippen LogP contribution is 2.38. The van der Waals surface area contributed by atoms with Gasteiger partial charge in [0.25, 0.3) is 5.91 Å². The molecule has 2 rings (SSSR count). The summed E-state index contributed by atoms with van der Waals surface area (Å²) >= 11 is 0. The highest BCUT2D eigenvalue weighted by Gasteiger charge is 2.19.